The number of thiazole rings is 1. The Labute approximate surface area is 171 Å². The average molecular weight is 437 g/mol. The van der Waals surface area contributed by atoms with Gasteiger partial charge in [0, 0.05) is 36.6 Å². The van der Waals surface area contributed by atoms with Crippen LogP contribution in [0.5, 0.6) is 5.75 Å². The summed E-state index contributed by atoms with van der Waals surface area (Å²) < 4.78 is 39.8. The Morgan fingerprint density at radius 1 is 1.34 bits per heavy atom. The molecule has 0 unspecified atom stereocenters. The number of anilines is 1. The minimum Gasteiger partial charge on any atom is -0.495 e. The number of hydrogen-bond acceptors (Lipinski definition) is 7. The van der Waals surface area contributed by atoms with Crippen molar-refractivity contribution in [3.05, 3.63) is 41.7 Å². The summed E-state index contributed by atoms with van der Waals surface area (Å²) in [7, 11) is -2.36. The standard InChI is InChI=1S/C18H20N4O5S2/c1-26-15-3-2-13(10-16(15)29(24,25)22-4-7-27-8-5-22)19-17(23)11-14-12-21-6-9-28-18(21)20-14/h2-3,6,9-10,12H,4-5,7-8,11H2,1H3,(H,19,23). The van der Waals surface area contributed by atoms with Crippen LogP contribution in [0.25, 0.3) is 4.96 Å². The fraction of sp³-hybridized carbons (Fsp3) is 0.333. The summed E-state index contributed by atoms with van der Waals surface area (Å²) >= 11 is 1.49. The first-order valence-electron chi connectivity index (χ1n) is 8.94. The van der Waals surface area contributed by atoms with Gasteiger partial charge in [0.2, 0.25) is 15.9 Å². The van der Waals surface area contributed by atoms with Gasteiger partial charge in [-0.1, -0.05) is 0 Å². The number of ether oxygens (including phenoxy) is 2. The van der Waals surface area contributed by atoms with Crippen molar-refractivity contribution in [2.75, 3.05) is 38.7 Å². The molecule has 0 bridgehead atoms. The van der Waals surface area contributed by atoms with E-state index in [0.717, 1.165) is 4.96 Å². The van der Waals surface area contributed by atoms with Gasteiger partial charge in [0.25, 0.3) is 0 Å². The van der Waals surface area contributed by atoms with Gasteiger partial charge in [-0.05, 0) is 18.2 Å². The zero-order valence-corrected chi connectivity index (χ0v) is 17.3. The highest BCUT2D eigenvalue weighted by Gasteiger charge is 2.29. The van der Waals surface area contributed by atoms with Gasteiger partial charge in [0.1, 0.15) is 10.6 Å². The molecule has 0 radical (unpaired) electrons. The number of amides is 1. The summed E-state index contributed by atoms with van der Waals surface area (Å²) in [5, 5.41) is 4.66. The van der Waals surface area contributed by atoms with Crippen molar-refractivity contribution in [3.8, 4) is 5.75 Å². The van der Waals surface area contributed by atoms with E-state index in [1.165, 1.54) is 34.9 Å². The van der Waals surface area contributed by atoms with E-state index in [2.05, 4.69) is 10.3 Å². The molecular formula is C18H20N4O5S2. The Kier molecular flexibility index (Phi) is 5.54. The molecule has 0 atom stereocenters. The van der Waals surface area contributed by atoms with E-state index in [0.29, 0.717) is 24.6 Å². The smallest absolute Gasteiger partial charge is 0.246 e. The van der Waals surface area contributed by atoms with Gasteiger partial charge in [0.05, 0.1) is 32.4 Å². The number of morpholine rings is 1. The predicted octanol–water partition coefficient (Wildman–Crippen LogP) is 1.61. The number of rotatable bonds is 6. The lowest BCUT2D eigenvalue weighted by atomic mass is 10.2. The van der Waals surface area contributed by atoms with Crippen LogP contribution in [0, 0.1) is 0 Å². The molecule has 4 rings (SSSR count). The van der Waals surface area contributed by atoms with Gasteiger partial charge in [-0.25, -0.2) is 13.4 Å². The summed E-state index contributed by atoms with van der Waals surface area (Å²) in [6.07, 6.45) is 3.76. The zero-order chi connectivity index (χ0) is 20.4. The quantitative estimate of drug-likeness (QED) is 0.630. The van der Waals surface area contributed by atoms with Crippen molar-refractivity contribution < 1.29 is 22.7 Å². The minimum atomic E-state index is -3.77. The first-order valence-corrected chi connectivity index (χ1v) is 11.3. The molecule has 2 aromatic heterocycles. The second-order valence-electron chi connectivity index (χ2n) is 6.43. The average Bonchev–Trinajstić information content (AvgIpc) is 3.30. The third-order valence-electron chi connectivity index (χ3n) is 4.52. The van der Waals surface area contributed by atoms with E-state index < -0.39 is 10.0 Å². The van der Waals surface area contributed by atoms with Crippen LogP contribution in [0.3, 0.4) is 0 Å². The molecule has 3 aromatic rings. The number of nitrogens with one attached hydrogen (secondary N) is 1. The number of fused-ring (bicyclic) bond motifs is 1. The SMILES string of the molecule is COc1ccc(NC(=O)Cc2cn3ccsc3n2)cc1S(=O)(=O)N1CCOCC1. The number of methoxy groups -OCH3 is 1. The van der Waals surface area contributed by atoms with Gasteiger partial charge in [-0.2, -0.15) is 4.31 Å². The van der Waals surface area contributed by atoms with Crippen molar-refractivity contribution in [1.82, 2.24) is 13.7 Å². The number of aromatic nitrogens is 2. The molecule has 1 aromatic carbocycles. The highest BCUT2D eigenvalue weighted by atomic mass is 32.2. The van der Waals surface area contributed by atoms with Crippen LogP contribution in [0.15, 0.2) is 40.9 Å². The first-order chi connectivity index (χ1) is 14.0. The Hall–Kier alpha value is -2.47. The predicted molar refractivity (Wildman–Crippen MR) is 108 cm³/mol. The molecule has 3 heterocycles. The minimum absolute atomic E-state index is 0.0159. The molecule has 29 heavy (non-hydrogen) atoms. The van der Waals surface area contributed by atoms with Crippen molar-refractivity contribution in [2.45, 2.75) is 11.3 Å². The molecule has 0 spiro atoms. The van der Waals surface area contributed by atoms with Crippen LogP contribution >= 0.6 is 11.3 Å². The highest BCUT2D eigenvalue weighted by molar-refractivity contribution is 7.89. The number of hydrogen-bond donors (Lipinski definition) is 1. The molecule has 11 heteroatoms. The molecule has 1 amide bonds. The molecule has 1 aliphatic rings. The maximum absolute atomic E-state index is 13.0. The lowest BCUT2D eigenvalue weighted by Gasteiger charge is -2.26. The van der Waals surface area contributed by atoms with Gasteiger partial charge < -0.3 is 14.8 Å². The number of carbonyl (C=O) groups is 1. The molecule has 154 valence electrons. The van der Waals surface area contributed by atoms with Gasteiger partial charge in [-0.3, -0.25) is 9.20 Å². The van der Waals surface area contributed by atoms with E-state index in [9.17, 15) is 13.2 Å². The summed E-state index contributed by atoms with van der Waals surface area (Å²) in [6.45, 7) is 1.25. The van der Waals surface area contributed by atoms with E-state index in [4.69, 9.17) is 9.47 Å². The molecule has 0 aliphatic carbocycles. The first kappa shape index (κ1) is 19.8. The Morgan fingerprint density at radius 2 is 2.14 bits per heavy atom. The Bertz CT molecular complexity index is 1100. The van der Waals surface area contributed by atoms with E-state index in [1.807, 2.05) is 16.0 Å². The number of sulfonamides is 1. The van der Waals surface area contributed by atoms with Crippen LogP contribution in [0.1, 0.15) is 5.69 Å². The highest BCUT2D eigenvalue weighted by Crippen LogP contribution is 2.30. The second-order valence-corrected chi connectivity index (χ2v) is 9.21. The normalized spacial score (nSPS) is 15.5. The summed E-state index contributed by atoms with van der Waals surface area (Å²) in [5.41, 5.74) is 1.02. The lowest BCUT2D eigenvalue weighted by Crippen LogP contribution is -2.40. The third-order valence-corrected chi connectivity index (χ3v) is 7.21. The van der Waals surface area contributed by atoms with Crippen molar-refractivity contribution in [1.29, 1.82) is 0 Å². The Morgan fingerprint density at radius 3 is 2.86 bits per heavy atom. The molecule has 0 saturated carbocycles. The van der Waals surface area contributed by atoms with Crippen molar-refractivity contribution in [3.63, 3.8) is 0 Å². The molecule has 1 N–H and O–H groups in total. The molecule has 1 fully saturated rings. The van der Waals surface area contributed by atoms with Gasteiger partial charge in [0.15, 0.2) is 4.96 Å². The summed E-state index contributed by atoms with van der Waals surface area (Å²) in [6, 6.07) is 4.57. The number of nitrogens with zero attached hydrogens (tertiary/aromatic N) is 3. The van der Waals surface area contributed by atoms with E-state index in [1.54, 1.807) is 12.3 Å². The third kappa shape index (κ3) is 4.13. The van der Waals surface area contributed by atoms with E-state index in [-0.39, 0.29) is 36.1 Å². The van der Waals surface area contributed by atoms with Crippen molar-refractivity contribution >= 4 is 37.9 Å². The fourth-order valence-corrected chi connectivity index (χ4v) is 5.42. The molecular weight excluding hydrogens is 416 g/mol. The van der Waals surface area contributed by atoms with Crippen LogP contribution < -0.4 is 10.1 Å². The van der Waals surface area contributed by atoms with E-state index >= 15 is 0 Å². The largest absolute Gasteiger partial charge is 0.495 e. The summed E-state index contributed by atoms with van der Waals surface area (Å²) in [4.78, 5) is 17.7. The number of imidazole rings is 1. The van der Waals surface area contributed by atoms with Crippen LogP contribution in [0.4, 0.5) is 5.69 Å². The number of carbonyl (C=O) groups excluding carboxylic acids is 1. The zero-order valence-electron chi connectivity index (χ0n) is 15.7. The second kappa shape index (κ2) is 8.11. The van der Waals surface area contributed by atoms with Crippen molar-refractivity contribution in [2.24, 2.45) is 0 Å². The monoisotopic (exact) mass is 436 g/mol. The topological polar surface area (TPSA) is 102 Å². The van der Waals surface area contributed by atoms with Gasteiger partial charge in [-0.15, -0.1) is 11.3 Å². The molecule has 1 aliphatic heterocycles. The lowest BCUT2D eigenvalue weighted by molar-refractivity contribution is -0.115. The maximum atomic E-state index is 13.0. The van der Waals surface area contributed by atoms with Crippen LogP contribution in [-0.2, 0) is 26.0 Å². The number of benzene rings is 1. The fourth-order valence-electron chi connectivity index (χ4n) is 3.11. The molecule has 1 saturated heterocycles. The Balaban J connectivity index is 1.54. The molecule has 9 nitrogen and oxygen atoms in total. The van der Waals surface area contributed by atoms with Crippen LogP contribution in [-0.4, -0.2) is 61.4 Å². The van der Waals surface area contributed by atoms with Gasteiger partial charge >= 0.3 is 0 Å². The maximum Gasteiger partial charge on any atom is 0.246 e. The summed E-state index contributed by atoms with van der Waals surface area (Å²) in [5.74, 6) is -0.0560. The van der Waals surface area contributed by atoms with Crippen LogP contribution in [0.2, 0.25) is 0 Å².